The van der Waals surface area contributed by atoms with Crippen LogP contribution in [0.5, 0.6) is 0 Å². The Labute approximate surface area is 192 Å². The highest BCUT2D eigenvalue weighted by Crippen LogP contribution is 2.20. The molecular formula is C22H36FIN4O. The van der Waals surface area contributed by atoms with Crippen LogP contribution in [0.4, 0.5) is 4.39 Å². The zero-order valence-electron chi connectivity index (χ0n) is 17.8. The molecule has 0 aromatic heterocycles. The Hall–Kier alpha value is -0.930. The summed E-state index contributed by atoms with van der Waals surface area (Å²) in [4.78, 5) is 9.52. The summed E-state index contributed by atoms with van der Waals surface area (Å²) >= 11 is 0. The third-order valence-corrected chi connectivity index (χ3v) is 5.81. The minimum Gasteiger partial charge on any atom is -0.381 e. The summed E-state index contributed by atoms with van der Waals surface area (Å²) in [7, 11) is 2.12. The van der Waals surface area contributed by atoms with Crippen LogP contribution in [0.15, 0.2) is 29.3 Å². The Morgan fingerprint density at radius 1 is 1.24 bits per heavy atom. The Kier molecular flexibility index (Phi) is 10.7. The molecule has 0 radical (unpaired) electrons. The first kappa shape index (κ1) is 24.3. The van der Waals surface area contributed by atoms with Crippen molar-refractivity contribution >= 4 is 29.9 Å². The van der Waals surface area contributed by atoms with Gasteiger partial charge in [0.1, 0.15) is 5.82 Å². The highest BCUT2D eigenvalue weighted by molar-refractivity contribution is 14.0. The first-order valence-electron chi connectivity index (χ1n) is 10.7. The van der Waals surface area contributed by atoms with Gasteiger partial charge in [-0.3, -0.25) is 9.89 Å². The van der Waals surface area contributed by atoms with E-state index in [1.54, 1.807) is 12.1 Å². The Morgan fingerprint density at radius 3 is 2.66 bits per heavy atom. The van der Waals surface area contributed by atoms with Crippen molar-refractivity contribution < 1.29 is 9.13 Å². The number of benzene rings is 1. The molecule has 1 N–H and O–H groups in total. The van der Waals surface area contributed by atoms with E-state index >= 15 is 0 Å². The molecule has 29 heavy (non-hydrogen) atoms. The smallest absolute Gasteiger partial charge is 0.193 e. The fraction of sp³-hybridized carbons (Fsp3) is 0.682. The van der Waals surface area contributed by atoms with Crippen LogP contribution >= 0.6 is 24.0 Å². The molecule has 164 valence electrons. The zero-order chi connectivity index (χ0) is 19.8. The second kappa shape index (κ2) is 12.7. The monoisotopic (exact) mass is 518 g/mol. The van der Waals surface area contributed by atoms with Crippen LogP contribution in [0.3, 0.4) is 0 Å². The van der Waals surface area contributed by atoms with E-state index in [2.05, 4.69) is 29.1 Å². The number of aliphatic imine (C=N–C) groups is 1. The summed E-state index contributed by atoms with van der Waals surface area (Å²) in [5, 5.41) is 3.43. The number of likely N-dealkylation sites (tertiary alicyclic amines) is 1. The molecule has 2 fully saturated rings. The number of rotatable bonds is 7. The molecular weight excluding hydrogens is 482 g/mol. The predicted octanol–water partition coefficient (Wildman–Crippen LogP) is 3.59. The fourth-order valence-corrected chi connectivity index (χ4v) is 4.08. The van der Waals surface area contributed by atoms with Crippen molar-refractivity contribution in [2.24, 2.45) is 16.8 Å². The molecule has 1 unspecified atom stereocenters. The van der Waals surface area contributed by atoms with Gasteiger partial charge in [-0.05, 0) is 51.3 Å². The van der Waals surface area contributed by atoms with E-state index < -0.39 is 0 Å². The van der Waals surface area contributed by atoms with Crippen molar-refractivity contribution in [1.82, 2.24) is 15.1 Å². The number of ether oxygens (including phenoxy) is 1. The standard InChI is InChI=1S/C22H35FN4O.HI/c1-3-24-22(26(2)15-19-10-13-28-17-19)25-14-18-8-11-27(12-9-18)16-20-6-4-5-7-21(20)23;/h4-7,18-19H,3,8-17H2,1-2H3,(H,24,25);1H. The van der Waals surface area contributed by atoms with E-state index in [1.807, 2.05) is 12.1 Å². The highest BCUT2D eigenvalue weighted by Gasteiger charge is 2.22. The third kappa shape index (κ3) is 7.68. The summed E-state index contributed by atoms with van der Waals surface area (Å²) in [5.74, 6) is 2.12. The van der Waals surface area contributed by atoms with Crippen LogP contribution in [-0.2, 0) is 11.3 Å². The number of guanidine groups is 1. The summed E-state index contributed by atoms with van der Waals surface area (Å²) < 4.78 is 19.4. The number of piperidine rings is 1. The van der Waals surface area contributed by atoms with Crippen molar-refractivity contribution in [2.75, 3.05) is 53.0 Å². The molecule has 0 bridgehead atoms. The molecule has 5 nitrogen and oxygen atoms in total. The number of hydrogen-bond donors (Lipinski definition) is 1. The second-order valence-electron chi connectivity index (χ2n) is 8.12. The van der Waals surface area contributed by atoms with Gasteiger partial charge in [-0.2, -0.15) is 0 Å². The Bertz CT molecular complexity index is 631. The summed E-state index contributed by atoms with van der Waals surface area (Å²) in [5.41, 5.74) is 0.797. The molecule has 2 aliphatic rings. The minimum absolute atomic E-state index is 0. The predicted molar refractivity (Wildman–Crippen MR) is 127 cm³/mol. The lowest BCUT2D eigenvalue weighted by Crippen LogP contribution is -2.42. The van der Waals surface area contributed by atoms with Crippen LogP contribution in [0.25, 0.3) is 0 Å². The van der Waals surface area contributed by atoms with Crippen LogP contribution in [0.2, 0.25) is 0 Å². The number of nitrogens with one attached hydrogen (secondary N) is 1. The lowest BCUT2D eigenvalue weighted by atomic mass is 9.96. The van der Waals surface area contributed by atoms with Crippen LogP contribution < -0.4 is 5.32 Å². The summed E-state index contributed by atoms with van der Waals surface area (Å²) in [6, 6.07) is 7.10. The zero-order valence-corrected chi connectivity index (χ0v) is 20.1. The topological polar surface area (TPSA) is 40.1 Å². The molecule has 2 heterocycles. The molecule has 1 aromatic carbocycles. The van der Waals surface area contributed by atoms with Gasteiger partial charge in [-0.25, -0.2) is 4.39 Å². The Morgan fingerprint density at radius 2 is 2.00 bits per heavy atom. The van der Waals surface area contributed by atoms with Crippen molar-refractivity contribution in [3.05, 3.63) is 35.6 Å². The van der Waals surface area contributed by atoms with Gasteiger partial charge >= 0.3 is 0 Å². The molecule has 0 aliphatic carbocycles. The number of hydrogen-bond acceptors (Lipinski definition) is 3. The summed E-state index contributed by atoms with van der Waals surface area (Å²) in [6.07, 6.45) is 3.39. The van der Waals surface area contributed by atoms with Crippen molar-refractivity contribution in [2.45, 2.75) is 32.7 Å². The molecule has 7 heteroatoms. The lowest BCUT2D eigenvalue weighted by Gasteiger charge is -2.32. The van der Waals surface area contributed by atoms with E-state index in [4.69, 9.17) is 9.73 Å². The second-order valence-corrected chi connectivity index (χ2v) is 8.12. The van der Waals surface area contributed by atoms with Gasteiger partial charge in [0.2, 0.25) is 0 Å². The largest absolute Gasteiger partial charge is 0.381 e. The van der Waals surface area contributed by atoms with Gasteiger partial charge in [-0.1, -0.05) is 18.2 Å². The SMILES string of the molecule is CCNC(=NCC1CCN(Cc2ccccc2F)CC1)N(C)CC1CCOC1.I. The molecule has 0 saturated carbocycles. The highest BCUT2D eigenvalue weighted by atomic mass is 127. The number of nitrogens with zero attached hydrogens (tertiary/aromatic N) is 3. The molecule has 2 saturated heterocycles. The molecule has 0 spiro atoms. The van der Waals surface area contributed by atoms with Gasteiger partial charge < -0.3 is 15.0 Å². The lowest BCUT2D eigenvalue weighted by molar-refractivity contribution is 0.178. The summed E-state index contributed by atoms with van der Waals surface area (Å²) in [6.45, 7) is 9.34. The molecule has 3 rings (SSSR count). The van der Waals surface area contributed by atoms with Crippen LogP contribution in [-0.4, -0.2) is 68.7 Å². The van der Waals surface area contributed by atoms with Gasteiger partial charge in [0, 0.05) is 51.3 Å². The average molecular weight is 518 g/mol. The maximum atomic E-state index is 13.9. The van der Waals surface area contributed by atoms with E-state index in [0.29, 0.717) is 18.4 Å². The molecule has 2 aliphatic heterocycles. The van der Waals surface area contributed by atoms with Crippen molar-refractivity contribution in [1.29, 1.82) is 0 Å². The normalized spacial score (nSPS) is 21.1. The maximum Gasteiger partial charge on any atom is 0.193 e. The third-order valence-electron chi connectivity index (χ3n) is 5.81. The first-order valence-corrected chi connectivity index (χ1v) is 10.7. The minimum atomic E-state index is -0.0970. The fourth-order valence-electron chi connectivity index (χ4n) is 4.08. The van der Waals surface area contributed by atoms with E-state index in [9.17, 15) is 4.39 Å². The number of halogens is 2. The quantitative estimate of drug-likeness (QED) is 0.341. The molecule has 1 aromatic rings. The van der Waals surface area contributed by atoms with Gasteiger partial charge in [-0.15, -0.1) is 24.0 Å². The average Bonchev–Trinajstić information content (AvgIpc) is 3.21. The first-order chi connectivity index (χ1) is 13.7. The van der Waals surface area contributed by atoms with Gasteiger partial charge in [0.25, 0.3) is 0 Å². The van der Waals surface area contributed by atoms with E-state index in [0.717, 1.165) is 76.7 Å². The maximum absolute atomic E-state index is 13.9. The van der Waals surface area contributed by atoms with Crippen LogP contribution in [0.1, 0.15) is 31.7 Å². The van der Waals surface area contributed by atoms with E-state index in [-0.39, 0.29) is 29.8 Å². The van der Waals surface area contributed by atoms with E-state index in [1.165, 1.54) is 0 Å². The molecule has 1 atom stereocenters. The van der Waals surface area contributed by atoms with Gasteiger partial charge in [0.15, 0.2) is 5.96 Å². The Balaban J connectivity index is 0.00000300. The van der Waals surface area contributed by atoms with Gasteiger partial charge in [0.05, 0.1) is 6.61 Å². The van der Waals surface area contributed by atoms with Crippen molar-refractivity contribution in [3.8, 4) is 0 Å². The van der Waals surface area contributed by atoms with Crippen LogP contribution in [0, 0.1) is 17.7 Å². The van der Waals surface area contributed by atoms with Crippen molar-refractivity contribution in [3.63, 3.8) is 0 Å². The molecule has 0 amide bonds.